The molecule has 0 saturated carbocycles. The Morgan fingerprint density at radius 2 is 1.75 bits per heavy atom. The molecule has 8 nitrogen and oxygen atoms in total. The molecule has 0 spiro atoms. The van der Waals surface area contributed by atoms with Crippen molar-refractivity contribution >= 4 is 11.7 Å². The molecule has 0 aliphatic rings. The summed E-state index contributed by atoms with van der Waals surface area (Å²) in [5.74, 6) is -0.427. The van der Waals surface area contributed by atoms with Crippen LogP contribution in [0.2, 0.25) is 0 Å². The van der Waals surface area contributed by atoms with Gasteiger partial charge in [-0.3, -0.25) is 10.1 Å². The zero-order valence-electron chi connectivity index (χ0n) is 13.0. The van der Waals surface area contributed by atoms with Crippen LogP contribution in [0, 0.1) is 10.1 Å². The molecule has 8 heteroatoms. The van der Waals surface area contributed by atoms with E-state index in [4.69, 9.17) is 19.3 Å². The molecule has 0 aliphatic heterocycles. The smallest absolute Gasteiger partial charge is 0.335 e. The van der Waals surface area contributed by atoms with E-state index in [1.54, 1.807) is 12.1 Å². The van der Waals surface area contributed by atoms with Crippen molar-refractivity contribution in [3.63, 3.8) is 0 Å². The van der Waals surface area contributed by atoms with Crippen LogP contribution in [0.5, 0.6) is 17.2 Å². The molecular weight excluding hydrogens is 318 g/mol. The Bertz CT molecular complexity index is 756. The minimum atomic E-state index is -1.13. The molecule has 126 valence electrons. The fourth-order valence-electron chi connectivity index (χ4n) is 2.04. The van der Waals surface area contributed by atoms with E-state index in [9.17, 15) is 14.9 Å². The lowest BCUT2D eigenvalue weighted by atomic mass is 10.1. The Morgan fingerprint density at radius 3 is 2.25 bits per heavy atom. The van der Waals surface area contributed by atoms with Crippen LogP contribution < -0.4 is 14.2 Å². The summed E-state index contributed by atoms with van der Waals surface area (Å²) in [6.45, 7) is 0.0839. The van der Waals surface area contributed by atoms with Crippen LogP contribution in [-0.2, 0) is 6.61 Å². The van der Waals surface area contributed by atoms with Gasteiger partial charge >= 0.3 is 5.97 Å². The SMILES string of the molecule is COc1cc(C(=O)O)cc(OCc2ccc([N+](=O)[O-])cc2)c1OC. The molecule has 0 aromatic heterocycles. The number of nitrogens with zero attached hydrogens (tertiary/aromatic N) is 1. The number of methoxy groups -OCH3 is 2. The van der Waals surface area contributed by atoms with E-state index in [0.29, 0.717) is 5.56 Å². The molecule has 2 aromatic carbocycles. The Kier molecular flexibility index (Phi) is 5.20. The first kappa shape index (κ1) is 17.1. The molecule has 0 radical (unpaired) electrons. The normalized spacial score (nSPS) is 10.1. The molecule has 2 aromatic rings. The van der Waals surface area contributed by atoms with Crippen LogP contribution in [0.3, 0.4) is 0 Å². The highest BCUT2D eigenvalue weighted by molar-refractivity contribution is 5.89. The summed E-state index contributed by atoms with van der Waals surface area (Å²) >= 11 is 0. The van der Waals surface area contributed by atoms with Crippen LogP contribution in [0.1, 0.15) is 15.9 Å². The molecule has 1 N–H and O–H groups in total. The van der Waals surface area contributed by atoms with Crippen LogP contribution >= 0.6 is 0 Å². The average Bonchev–Trinajstić information content (AvgIpc) is 2.59. The largest absolute Gasteiger partial charge is 0.493 e. The zero-order valence-corrected chi connectivity index (χ0v) is 13.0. The third-order valence-corrected chi connectivity index (χ3v) is 3.23. The molecule has 0 atom stereocenters. The number of carbonyl (C=O) groups is 1. The van der Waals surface area contributed by atoms with Gasteiger partial charge < -0.3 is 19.3 Å². The maximum absolute atomic E-state index is 11.2. The molecule has 0 bridgehead atoms. The summed E-state index contributed by atoms with van der Waals surface area (Å²) in [6, 6.07) is 8.51. The average molecular weight is 333 g/mol. The van der Waals surface area contributed by atoms with E-state index in [2.05, 4.69) is 0 Å². The summed E-state index contributed by atoms with van der Waals surface area (Å²) in [5, 5.41) is 19.8. The molecule has 0 unspecified atom stereocenters. The number of aromatic carboxylic acids is 1. The predicted octanol–water partition coefficient (Wildman–Crippen LogP) is 2.89. The van der Waals surface area contributed by atoms with Gasteiger partial charge in [0.25, 0.3) is 5.69 Å². The van der Waals surface area contributed by atoms with E-state index in [-0.39, 0.29) is 35.1 Å². The number of nitro groups is 1. The fourth-order valence-corrected chi connectivity index (χ4v) is 2.04. The summed E-state index contributed by atoms with van der Waals surface area (Å²) in [6.07, 6.45) is 0. The third-order valence-electron chi connectivity index (χ3n) is 3.23. The van der Waals surface area contributed by atoms with Crippen molar-refractivity contribution in [2.75, 3.05) is 14.2 Å². The van der Waals surface area contributed by atoms with Gasteiger partial charge in [-0.2, -0.15) is 0 Å². The number of carboxylic acids is 1. The van der Waals surface area contributed by atoms with Gasteiger partial charge in [0.2, 0.25) is 5.75 Å². The Balaban J connectivity index is 2.26. The highest BCUT2D eigenvalue weighted by Gasteiger charge is 2.17. The van der Waals surface area contributed by atoms with Gasteiger partial charge in [0.15, 0.2) is 11.5 Å². The standard InChI is InChI=1S/C16H15NO7/c1-22-13-7-11(16(18)19)8-14(15(13)23-2)24-9-10-3-5-12(6-4-10)17(20)21/h3-8H,9H2,1-2H3,(H,18,19). The molecule has 0 heterocycles. The van der Waals surface area contributed by atoms with Gasteiger partial charge in [0, 0.05) is 12.1 Å². The molecule has 0 saturated heterocycles. The maximum Gasteiger partial charge on any atom is 0.335 e. The number of non-ortho nitro benzene ring substituents is 1. The number of hydrogen-bond donors (Lipinski definition) is 1. The molecule has 24 heavy (non-hydrogen) atoms. The van der Waals surface area contributed by atoms with Gasteiger partial charge in [-0.1, -0.05) is 0 Å². The van der Waals surface area contributed by atoms with Gasteiger partial charge in [-0.15, -0.1) is 0 Å². The number of benzene rings is 2. The predicted molar refractivity (Wildman–Crippen MR) is 83.9 cm³/mol. The molecule has 2 rings (SSSR count). The fraction of sp³-hybridized carbons (Fsp3) is 0.188. The lowest BCUT2D eigenvalue weighted by Crippen LogP contribution is -2.03. The first-order valence-electron chi connectivity index (χ1n) is 6.81. The van der Waals surface area contributed by atoms with E-state index < -0.39 is 10.9 Å². The van der Waals surface area contributed by atoms with Crippen molar-refractivity contribution in [1.29, 1.82) is 0 Å². The van der Waals surface area contributed by atoms with Crippen LogP contribution in [0.25, 0.3) is 0 Å². The third kappa shape index (κ3) is 3.72. The lowest BCUT2D eigenvalue weighted by molar-refractivity contribution is -0.384. The minimum absolute atomic E-state index is 0.00801. The number of hydrogen-bond acceptors (Lipinski definition) is 6. The van der Waals surface area contributed by atoms with Gasteiger partial charge in [0.1, 0.15) is 6.61 Å². The summed E-state index contributed by atoms with van der Waals surface area (Å²) in [5.41, 5.74) is 0.652. The highest BCUT2D eigenvalue weighted by atomic mass is 16.6. The van der Waals surface area contributed by atoms with Crippen molar-refractivity contribution < 1.29 is 29.0 Å². The monoisotopic (exact) mass is 333 g/mol. The Labute approximate surface area is 137 Å². The van der Waals surface area contributed by atoms with Gasteiger partial charge in [0.05, 0.1) is 24.7 Å². The quantitative estimate of drug-likeness (QED) is 0.613. The van der Waals surface area contributed by atoms with Crippen LogP contribution in [0.4, 0.5) is 5.69 Å². The topological polar surface area (TPSA) is 108 Å². The van der Waals surface area contributed by atoms with Crippen molar-refractivity contribution in [2.45, 2.75) is 6.61 Å². The first-order chi connectivity index (χ1) is 11.5. The second kappa shape index (κ2) is 7.32. The molecule has 0 amide bonds. The Morgan fingerprint density at radius 1 is 1.12 bits per heavy atom. The zero-order chi connectivity index (χ0) is 17.7. The van der Waals surface area contributed by atoms with Crippen LogP contribution in [-0.4, -0.2) is 30.2 Å². The second-order valence-corrected chi connectivity index (χ2v) is 4.73. The highest BCUT2D eigenvalue weighted by Crippen LogP contribution is 2.38. The van der Waals surface area contributed by atoms with Crippen molar-refractivity contribution in [1.82, 2.24) is 0 Å². The first-order valence-corrected chi connectivity index (χ1v) is 6.81. The molecular formula is C16H15NO7. The second-order valence-electron chi connectivity index (χ2n) is 4.73. The molecule has 0 fully saturated rings. The van der Waals surface area contributed by atoms with Crippen molar-refractivity contribution in [2.24, 2.45) is 0 Å². The van der Waals surface area contributed by atoms with Crippen molar-refractivity contribution in [3.05, 3.63) is 57.6 Å². The van der Waals surface area contributed by atoms with E-state index in [1.165, 1.54) is 38.5 Å². The van der Waals surface area contributed by atoms with Gasteiger partial charge in [-0.25, -0.2) is 4.79 Å². The Hall–Kier alpha value is -3.29. The lowest BCUT2D eigenvalue weighted by Gasteiger charge is -2.14. The maximum atomic E-state index is 11.2. The van der Waals surface area contributed by atoms with Crippen LogP contribution in [0.15, 0.2) is 36.4 Å². The number of carboxylic acid groups (broad SMARTS) is 1. The van der Waals surface area contributed by atoms with Crippen molar-refractivity contribution in [3.8, 4) is 17.2 Å². The molecule has 0 aliphatic carbocycles. The minimum Gasteiger partial charge on any atom is -0.493 e. The summed E-state index contributed by atoms with van der Waals surface area (Å²) < 4.78 is 15.9. The summed E-state index contributed by atoms with van der Waals surface area (Å²) in [4.78, 5) is 21.3. The van der Waals surface area contributed by atoms with E-state index >= 15 is 0 Å². The summed E-state index contributed by atoms with van der Waals surface area (Å²) in [7, 11) is 2.81. The number of nitro benzene ring substituents is 1. The van der Waals surface area contributed by atoms with E-state index in [1.807, 2.05) is 0 Å². The number of ether oxygens (including phenoxy) is 3. The van der Waals surface area contributed by atoms with E-state index in [0.717, 1.165) is 0 Å². The van der Waals surface area contributed by atoms with Gasteiger partial charge in [-0.05, 0) is 29.8 Å². The number of rotatable bonds is 7.